The van der Waals surface area contributed by atoms with Crippen LogP contribution in [-0.4, -0.2) is 52.2 Å². The van der Waals surface area contributed by atoms with Crippen molar-refractivity contribution >= 4 is 9.84 Å². The predicted molar refractivity (Wildman–Crippen MR) is 101 cm³/mol. The lowest BCUT2D eigenvalue weighted by Gasteiger charge is -2.14. The van der Waals surface area contributed by atoms with E-state index in [2.05, 4.69) is 5.32 Å². The molecule has 0 aliphatic carbocycles. The van der Waals surface area contributed by atoms with Gasteiger partial charge in [-0.15, -0.1) is 0 Å². The monoisotopic (exact) mass is 379 g/mol. The molecule has 0 fully saturated rings. The number of aryl methyl sites for hydroxylation is 1. The number of benzene rings is 2. The fourth-order valence-corrected chi connectivity index (χ4v) is 3.36. The van der Waals surface area contributed by atoms with Gasteiger partial charge in [0.25, 0.3) is 0 Å². The summed E-state index contributed by atoms with van der Waals surface area (Å²) in [5.74, 6) is 1.34. The lowest BCUT2D eigenvalue weighted by molar-refractivity contribution is 0.105. The van der Waals surface area contributed by atoms with E-state index in [0.717, 1.165) is 5.75 Å². The minimum atomic E-state index is -3.25. The highest BCUT2D eigenvalue weighted by Gasteiger charge is 2.12. The summed E-state index contributed by atoms with van der Waals surface area (Å²) in [6.45, 7) is 3.31. The number of hydrogen-bond donors (Lipinski definition) is 2. The van der Waals surface area contributed by atoms with Crippen LogP contribution in [0.5, 0.6) is 11.5 Å². The molecular formula is C19H25NO5S. The third-order valence-corrected chi connectivity index (χ3v) is 4.92. The zero-order valence-corrected chi connectivity index (χ0v) is 15.8. The van der Waals surface area contributed by atoms with Crippen LogP contribution in [0.25, 0.3) is 0 Å². The Morgan fingerprint density at radius 3 is 2.46 bits per heavy atom. The first kappa shape index (κ1) is 20.2. The molecular weight excluding hydrogens is 354 g/mol. The van der Waals surface area contributed by atoms with E-state index < -0.39 is 15.9 Å². The van der Waals surface area contributed by atoms with E-state index in [1.54, 1.807) is 19.1 Å². The molecule has 0 aromatic heterocycles. The summed E-state index contributed by atoms with van der Waals surface area (Å²) in [6, 6.07) is 14.3. The second-order valence-corrected chi connectivity index (χ2v) is 8.01. The van der Waals surface area contributed by atoms with Crippen molar-refractivity contribution in [3.63, 3.8) is 0 Å². The molecule has 0 saturated heterocycles. The van der Waals surface area contributed by atoms with Crippen LogP contribution < -0.4 is 14.8 Å². The topological polar surface area (TPSA) is 84.9 Å². The van der Waals surface area contributed by atoms with Crippen molar-refractivity contribution in [2.45, 2.75) is 17.9 Å². The average Bonchev–Trinajstić information content (AvgIpc) is 2.59. The summed E-state index contributed by atoms with van der Waals surface area (Å²) in [5.41, 5.74) is 0.621. The van der Waals surface area contributed by atoms with Crippen molar-refractivity contribution in [2.75, 3.05) is 32.6 Å². The van der Waals surface area contributed by atoms with Crippen LogP contribution in [0.2, 0.25) is 0 Å². The van der Waals surface area contributed by atoms with E-state index in [0.29, 0.717) is 31.0 Å². The molecule has 2 aromatic carbocycles. The van der Waals surface area contributed by atoms with Crippen molar-refractivity contribution in [3.8, 4) is 11.5 Å². The number of nitrogens with one attached hydrogen (secondary N) is 1. The Kier molecular flexibility index (Phi) is 7.44. The van der Waals surface area contributed by atoms with E-state index in [4.69, 9.17) is 9.47 Å². The van der Waals surface area contributed by atoms with Gasteiger partial charge in [-0.3, -0.25) is 0 Å². The first-order chi connectivity index (χ1) is 12.4. The van der Waals surface area contributed by atoms with Gasteiger partial charge in [-0.1, -0.05) is 18.2 Å². The molecule has 0 saturated carbocycles. The predicted octanol–water partition coefficient (Wildman–Crippen LogP) is 1.81. The van der Waals surface area contributed by atoms with Crippen LogP contribution in [0.3, 0.4) is 0 Å². The molecule has 0 bridgehead atoms. The molecule has 2 aromatic rings. The highest BCUT2D eigenvalue weighted by atomic mass is 32.2. The van der Waals surface area contributed by atoms with Gasteiger partial charge in [0, 0.05) is 19.3 Å². The van der Waals surface area contributed by atoms with E-state index in [-0.39, 0.29) is 11.5 Å². The Hall–Kier alpha value is -2.09. The van der Waals surface area contributed by atoms with E-state index >= 15 is 0 Å². The zero-order valence-electron chi connectivity index (χ0n) is 15.0. The van der Waals surface area contributed by atoms with E-state index in [1.807, 2.05) is 30.3 Å². The highest BCUT2D eigenvalue weighted by Crippen LogP contribution is 2.21. The van der Waals surface area contributed by atoms with Gasteiger partial charge in [0.1, 0.15) is 30.8 Å². The summed E-state index contributed by atoms with van der Waals surface area (Å²) < 4.78 is 34.3. The Morgan fingerprint density at radius 2 is 1.81 bits per heavy atom. The molecule has 26 heavy (non-hydrogen) atoms. The molecule has 0 radical (unpaired) electrons. The molecule has 0 amide bonds. The molecule has 0 heterocycles. The molecule has 0 aliphatic rings. The van der Waals surface area contributed by atoms with Crippen molar-refractivity contribution in [1.82, 2.24) is 5.32 Å². The number of ether oxygens (including phenoxy) is 2. The molecule has 0 spiro atoms. The zero-order chi connectivity index (χ0) is 19.0. The van der Waals surface area contributed by atoms with Crippen LogP contribution in [-0.2, 0) is 9.84 Å². The summed E-state index contributed by atoms with van der Waals surface area (Å²) in [7, 11) is -3.25. The maximum atomic E-state index is 11.6. The van der Waals surface area contributed by atoms with Crippen molar-refractivity contribution < 1.29 is 23.0 Å². The van der Waals surface area contributed by atoms with Crippen molar-refractivity contribution in [1.29, 1.82) is 0 Å². The van der Waals surface area contributed by atoms with Crippen LogP contribution in [0.1, 0.15) is 5.56 Å². The van der Waals surface area contributed by atoms with Crippen molar-refractivity contribution in [2.24, 2.45) is 0 Å². The Bertz CT molecular complexity index is 793. The summed E-state index contributed by atoms with van der Waals surface area (Å²) in [5, 5.41) is 13.1. The molecule has 6 nitrogen and oxygen atoms in total. The van der Waals surface area contributed by atoms with Crippen LogP contribution in [0, 0.1) is 6.92 Å². The fraction of sp³-hybridized carbons (Fsp3) is 0.368. The molecule has 0 aliphatic heterocycles. The van der Waals surface area contributed by atoms with Crippen molar-refractivity contribution in [3.05, 3.63) is 54.1 Å². The van der Waals surface area contributed by atoms with Gasteiger partial charge in [0.05, 0.1) is 4.90 Å². The lowest BCUT2D eigenvalue weighted by atomic mass is 10.2. The molecule has 1 unspecified atom stereocenters. The molecule has 2 N–H and O–H groups in total. The summed E-state index contributed by atoms with van der Waals surface area (Å²) in [6.07, 6.45) is 0.494. The number of aliphatic hydroxyl groups excluding tert-OH is 1. The number of para-hydroxylation sites is 1. The van der Waals surface area contributed by atoms with Gasteiger partial charge < -0.3 is 19.9 Å². The lowest BCUT2D eigenvalue weighted by Crippen LogP contribution is -2.33. The quantitative estimate of drug-likeness (QED) is 0.613. The molecule has 142 valence electrons. The van der Waals surface area contributed by atoms with E-state index in [9.17, 15) is 13.5 Å². The first-order valence-corrected chi connectivity index (χ1v) is 10.3. The SMILES string of the molecule is Cc1cc(OCC(O)CNCCOc2ccccc2)ccc1S(C)(=O)=O. The Balaban J connectivity index is 1.67. The normalized spacial score (nSPS) is 12.6. The maximum absolute atomic E-state index is 11.6. The number of rotatable bonds is 10. The summed E-state index contributed by atoms with van der Waals surface area (Å²) in [4.78, 5) is 0.283. The highest BCUT2D eigenvalue weighted by molar-refractivity contribution is 7.90. The van der Waals surface area contributed by atoms with Crippen LogP contribution >= 0.6 is 0 Å². The largest absolute Gasteiger partial charge is 0.492 e. The molecule has 1 atom stereocenters. The smallest absolute Gasteiger partial charge is 0.175 e. The minimum absolute atomic E-state index is 0.115. The van der Waals surface area contributed by atoms with Gasteiger partial charge in [0.15, 0.2) is 9.84 Å². The third kappa shape index (κ3) is 6.67. The second-order valence-electron chi connectivity index (χ2n) is 6.03. The van der Waals surface area contributed by atoms with E-state index in [1.165, 1.54) is 12.3 Å². The standard InChI is InChI=1S/C19H25NO5S/c1-15-12-18(8-9-19(15)26(2,22)23)25-14-16(21)13-20-10-11-24-17-6-4-3-5-7-17/h3-9,12,16,20-21H,10-11,13-14H2,1-2H3. The number of hydrogen-bond acceptors (Lipinski definition) is 6. The van der Waals surface area contributed by atoms with Gasteiger partial charge in [-0.05, 0) is 42.8 Å². The Labute approximate surface area is 154 Å². The molecule has 7 heteroatoms. The third-order valence-electron chi connectivity index (χ3n) is 3.66. The summed E-state index contributed by atoms with van der Waals surface area (Å²) >= 11 is 0. The second kappa shape index (κ2) is 9.56. The molecule has 2 rings (SSSR count). The van der Waals surface area contributed by atoms with Gasteiger partial charge in [0.2, 0.25) is 0 Å². The van der Waals surface area contributed by atoms with Crippen LogP contribution in [0.4, 0.5) is 0 Å². The van der Waals surface area contributed by atoms with Gasteiger partial charge in [-0.25, -0.2) is 8.42 Å². The number of aliphatic hydroxyl groups is 1. The number of sulfone groups is 1. The minimum Gasteiger partial charge on any atom is -0.492 e. The maximum Gasteiger partial charge on any atom is 0.175 e. The Morgan fingerprint density at radius 1 is 1.08 bits per heavy atom. The van der Waals surface area contributed by atoms with Crippen LogP contribution in [0.15, 0.2) is 53.4 Å². The van der Waals surface area contributed by atoms with Gasteiger partial charge in [-0.2, -0.15) is 0 Å². The average molecular weight is 379 g/mol. The van der Waals surface area contributed by atoms with Gasteiger partial charge >= 0.3 is 0 Å². The first-order valence-electron chi connectivity index (χ1n) is 8.36. The fourth-order valence-electron chi connectivity index (χ4n) is 2.41.